The summed E-state index contributed by atoms with van der Waals surface area (Å²) in [5, 5.41) is 6.36. The number of likely N-dealkylation sites (tertiary alicyclic amines) is 1. The van der Waals surface area contributed by atoms with Crippen LogP contribution >= 0.6 is 12.2 Å². The zero-order valence-corrected chi connectivity index (χ0v) is 8.96. The molecule has 0 aromatic carbocycles. The molecule has 3 N–H and O–H groups in total. The van der Waals surface area contributed by atoms with Crippen molar-refractivity contribution in [1.29, 1.82) is 0 Å². The Kier molecular flexibility index (Phi) is 2.68. The van der Waals surface area contributed by atoms with Crippen LogP contribution in [0.2, 0.25) is 0 Å². The molecule has 1 unspecified atom stereocenters. The van der Waals surface area contributed by atoms with Crippen molar-refractivity contribution in [2.24, 2.45) is 5.73 Å². The van der Waals surface area contributed by atoms with Gasteiger partial charge in [0.15, 0.2) is 0 Å². The molecule has 0 aliphatic carbocycles. The molecule has 1 amide bonds. The van der Waals surface area contributed by atoms with Crippen molar-refractivity contribution in [3.05, 3.63) is 18.0 Å². The van der Waals surface area contributed by atoms with Gasteiger partial charge in [-0.25, -0.2) is 0 Å². The van der Waals surface area contributed by atoms with Crippen LogP contribution in [-0.2, 0) is 0 Å². The van der Waals surface area contributed by atoms with E-state index in [9.17, 15) is 4.79 Å². The molecule has 80 valence electrons. The number of aromatic nitrogens is 2. The minimum Gasteiger partial charge on any atom is -0.392 e. The molecule has 1 aliphatic heterocycles. The number of nitrogens with two attached hydrogens (primary N) is 1. The van der Waals surface area contributed by atoms with Crippen LogP contribution in [0.15, 0.2) is 12.4 Å². The van der Waals surface area contributed by atoms with E-state index in [1.165, 1.54) is 6.20 Å². The van der Waals surface area contributed by atoms with E-state index in [-0.39, 0.29) is 11.9 Å². The highest BCUT2D eigenvalue weighted by Crippen LogP contribution is 2.19. The maximum absolute atomic E-state index is 12.0. The number of nitrogens with zero attached hydrogens (tertiary/aromatic N) is 2. The van der Waals surface area contributed by atoms with Crippen LogP contribution in [0.25, 0.3) is 0 Å². The first-order valence-corrected chi connectivity index (χ1v) is 5.20. The molecule has 1 saturated heterocycles. The molecule has 15 heavy (non-hydrogen) atoms. The van der Waals surface area contributed by atoms with Gasteiger partial charge in [-0.3, -0.25) is 9.89 Å². The van der Waals surface area contributed by atoms with E-state index in [0.29, 0.717) is 17.1 Å². The van der Waals surface area contributed by atoms with Gasteiger partial charge >= 0.3 is 0 Å². The van der Waals surface area contributed by atoms with Crippen molar-refractivity contribution >= 4 is 23.1 Å². The standard InChI is InChI=1S/C9H12N4OS/c10-8(15)7-2-1-3-13(7)9(14)6-4-11-12-5-6/h4-5,7H,1-3H2,(H2,10,15)(H,11,12). The number of hydrogen-bond acceptors (Lipinski definition) is 3. The molecule has 1 aromatic rings. The normalized spacial score (nSPS) is 20.5. The molecule has 6 heteroatoms. The maximum atomic E-state index is 12.0. The summed E-state index contributed by atoms with van der Waals surface area (Å²) in [4.78, 5) is 14.1. The minimum absolute atomic E-state index is 0.0564. The van der Waals surface area contributed by atoms with Gasteiger partial charge < -0.3 is 10.6 Å². The summed E-state index contributed by atoms with van der Waals surface area (Å²) in [6.07, 6.45) is 4.90. The van der Waals surface area contributed by atoms with Gasteiger partial charge in [0.05, 0.1) is 22.8 Å². The fourth-order valence-electron chi connectivity index (χ4n) is 1.84. The highest BCUT2D eigenvalue weighted by Gasteiger charge is 2.31. The number of hydrogen-bond donors (Lipinski definition) is 2. The second-order valence-electron chi connectivity index (χ2n) is 3.55. The first-order chi connectivity index (χ1) is 7.20. The number of H-pyrrole nitrogens is 1. The fraction of sp³-hybridized carbons (Fsp3) is 0.444. The number of rotatable bonds is 2. The van der Waals surface area contributed by atoms with Crippen molar-refractivity contribution in [3.8, 4) is 0 Å². The molecule has 0 radical (unpaired) electrons. The monoisotopic (exact) mass is 224 g/mol. The first-order valence-electron chi connectivity index (χ1n) is 4.79. The number of amides is 1. The summed E-state index contributed by atoms with van der Waals surface area (Å²) in [6.45, 7) is 0.714. The van der Waals surface area contributed by atoms with Gasteiger partial charge in [-0.15, -0.1) is 0 Å². The Morgan fingerprint density at radius 3 is 3.13 bits per heavy atom. The third-order valence-electron chi connectivity index (χ3n) is 2.59. The predicted molar refractivity (Wildman–Crippen MR) is 59.4 cm³/mol. The summed E-state index contributed by atoms with van der Waals surface area (Å²) in [5.41, 5.74) is 6.15. The van der Waals surface area contributed by atoms with Crippen LogP contribution in [0.3, 0.4) is 0 Å². The van der Waals surface area contributed by atoms with Crippen molar-refractivity contribution in [2.45, 2.75) is 18.9 Å². The molecule has 5 nitrogen and oxygen atoms in total. The largest absolute Gasteiger partial charge is 0.392 e. The van der Waals surface area contributed by atoms with Crippen LogP contribution < -0.4 is 5.73 Å². The van der Waals surface area contributed by atoms with E-state index < -0.39 is 0 Å². The summed E-state index contributed by atoms with van der Waals surface area (Å²) < 4.78 is 0. The SMILES string of the molecule is NC(=S)C1CCCN1C(=O)c1cn[nH]c1. The molecule has 1 fully saturated rings. The van der Waals surface area contributed by atoms with Crippen LogP contribution in [0.5, 0.6) is 0 Å². The lowest BCUT2D eigenvalue weighted by Gasteiger charge is -2.22. The Labute approximate surface area is 92.6 Å². The maximum Gasteiger partial charge on any atom is 0.257 e. The van der Waals surface area contributed by atoms with Crippen LogP contribution in [0, 0.1) is 0 Å². The molecule has 1 atom stereocenters. The van der Waals surface area contributed by atoms with E-state index in [1.807, 2.05) is 0 Å². The second kappa shape index (κ2) is 3.98. The van der Waals surface area contributed by atoms with Crippen molar-refractivity contribution in [3.63, 3.8) is 0 Å². The van der Waals surface area contributed by atoms with Gasteiger partial charge in [-0.05, 0) is 12.8 Å². The molecular formula is C9H12N4OS. The third kappa shape index (κ3) is 1.85. The smallest absolute Gasteiger partial charge is 0.257 e. The molecule has 0 saturated carbocycles. The lowest BCUT2D eigenvalue weighted by Crippen LogP contribution is -2.42. The second-order valence-corrected chi connectivity index (χ2v) is 4.02. The molecule has 0 bridgehead atoms. The Hall–Kier alpha value is -1.43. The Morgan fingerprint density at radius 2 is 2.53 bits per heavy atom. The topological polar surface area (TPSA) is 75.0 Å². The third-order valence-corrected chi connectivity index (χ3v) is 2.86. The zero-order valence-electron chi connectivity index (χ0n) is 8.14. The average Bonchev–Trinajstić information content (AvgIpc) is 2.88. The van der Waals surface area contributed by atoms with Gasteiger partial charge in [-0.1, -0.05) is 12.2 Å². The lowest BCUT2D eigenvalue weighted by molar-refractivity contribution is 0.0770. The molecular weight excluding hydrogens is 212 g/mol. The average molecular weight is 224 g/mol. The molecule has 1 aliphatic rings. The Bertz CT molecular complexity index is 375. The first kappa shape index (κ1) is 10.1. The summed E-state index contributed by atoms with van der Waals surface area (Å²) >= 11 is 4.94. The fourth-order valence-corrected chi connectivity index (χ4v) is 2.08. The van der Waals surface area contributed by atoms with Gasteiger partial charge in [0.1, 0.15) is 0 Å². The minimum atomic E-state index is -0.0950. The lowest BCUT2D eigenvalue weighted by atomic mass is 10.2. The van der Waals surface area contributed by atoms with Crippen molar-refractivity contribution in [1.82, 2.24) is 15.1 Å². The predicted octanol–water partition coefficient (Wildman–Crippen LogP) is 0.300. The molecule has 0 spiro atoms. The number of carbonyl (C=O) groups is 1. The number of nitrogens with one attached hydrogen (secondary N) is 1. The van der Waals surface area contributed by atoms with Crippen LogP contribution in [0.4, 0.5) is 0 Å². The van der Waals surface area contributed by atoms with E-state index in [2.05, 4.69) is 10.2 Å². The number of carbonyl (C=O) groups excluding carboxylic acids is 1. The van der Waals surface area contributed by atoms with Gasteiger partial charge in [0.25, 0.3) is 5.91 Å². The zero-order chi connectivity index (χ0) is 10.8. The summed E-state index contributed by atoms with van der Waals surface area (Å²) in [5.74, 6) is -0.0564. The number of aromatic amines is 1. The van der Waals surface area contributed by atoms with E-state index >= 15 is 0 Å². The van der Waals surface area contributed by atoms with E-state index in [0.717, 1.165) is 12.8 Å². The van der Waals surface area contributed by atoms with E-state index in [4.69, 9.17) is 18.0 Å². The molecule has 2 heterocycles. The van der Waals surface area contributed by atoms with Gasteiger partial charge in [0, 0.05) is 12.7 Å². The highest BCUT2D eigenvalue weighted by atomic mass is 32.1. The molecule has 2 rings (SSSR count). The van der Waals surface area contributed by atoms with Crippen molar-refractivity contribution < 1.29 is 4.79 Å². The van der Waals surface area contributed by atoms with Gasteiger partial charge in [0.2, 0.25) is 0 Å². The summed E-state index contributed by atoms with van der Waals surface area (Å²) in [6, 6.07) is -0.0950. The van der Waals surface area contributed by atoms with Crippen LogP contribution in [-0.4, -0.2) is 38.6 Å². The summed E-state index contributed by atoms with van der Waals surface area (Å²) in [7, 11) is 0. The van der Waals surface area contributed by atoms with Crippen LogP contribution in [0.1, 0.15) is 23.2 Å². The Morgan fingerprint density at radius 1 is 1.73 bits per heavy atom. The Balaban J connectivity index is 2.17. The number of thiocarbonyl (C=S) groups is 1. The van der Waals surface area contributed by atoms with Crippen molar-refractivity contribution in [2.75, 3.05) is 6.54 Å². The highest BCUT2D eigenvalue weighted by molar-refractivity contribution is 7.80. The quantitative estimate of drug-likeness (QED) is 0.708. The molecule has 1 aromatic heterocycles. The van der Waals surface area contributed by atoms with Gasteiger partial charge in [-0.2, -0.15) is 5.10 Å². The van der Waals surface area contributed by atoms with E-state index in [1.54, 1.807) is 11.1 Å².